The maximum atomic E-state index is 13.4. The number of benzene rings is 1. The topological polar surface area (TPSA) is 63.6 Å². The number of nitrogens with one attached hydrogen (secondary N) is 1. The molecule has 0 radical (unpaired) electrons. The van der Waals surface area contributed by atoms with Crippen molar-refractivity contribution >= 4 is 39.1 Å². The molecule has 0 saturated heterocycles. The van der Waals surface area contributed by atoms with Crippen LogP contribution in [0.1, 0.15) is 24.4 Å². The molecule has 0 unspecified atom stereocenters. The number of nitrogens with zero attached hydrogens (tertiary/aromatic N) is 2. The number of halogens is 2. The summed E-state index contributed by atoms with van der Waals surface area (Å²) >= 11 is 4.88. The fourth-order valence-corrected chi connectivity index (χ4v) is 3.86. The SMILES string of the molecule is CCOC(=O)C1=C(CBr)NC(c2nccs2)=N[C@@]1(C)c1ccc(F)cc1. The number of ether oxygens (including phenoxy) is 1. The van der Waals surface area contributed by atoms with Gasteiger partial charge in [0, 0.05) is 22.6 Å². The van der Waals surface area contributed by atoms with Crippen molar-refractivity contribution in [2.75, 3.05) is 11.9 Å². The van der Waals surface area contributed by atoms with Crippen molar-refractivity contribution in [3.8, 4) is 0 Å². The molecule has 0 spiro atoms. The van der Waals surface area contributed by atoms with Crippen molar-refractivity contribution in [1.29, 1.82) is 0 Å². The second-order valence-corrected chi connectivity index (χ2v) is 7.16. The van der Waals surface area contributed by atoms with Crippen molar-refractivity contribution in [3.63, 3.8) is 0 Å². The standard InChI is InChI=1S/C18H17BrFN3O2S/c1-3-25-17(24)14-13(10-19)22-15(16-21-8-9-26-16)23-18(14,2)11-4-6-12(20)7-5-11/h4-9H,3,10H2,1-2H3,(H,22,23)/t18-/m0/s1. The molecule has 136 valence electrons. The zero-order valence-electron chi connectivity index (χ0n) is 14.3. The summed E-state index contributed by atoms with van der Waals surface area (Å²) in [6.45, 7) is 3.83. The molecule has 1 aliphatic heterocycles. The smallest absolute Gasteiger partial charge is 0.338 e. The molecule has 3 rings (SSSR count). The van der Waals surface area contributed by atoms with Gasteiger partial charge in [0.1, 0.15) is 11.4 Å². The highest BCUT2D eigenvalue weighted by molar-refractivity contribution is 9.09. The van der Waals surface area contributed by atoms with Gasteiger partial charge in [-0.15, -0.1) is 11.3 Å². The number of amidine groups is 1. The Hall–Kier alpha value is -2.06. The van der Waals surface area contributed by atoms with E-state index >= 15 is 0 Å². The largest absolute Gasteiger partial charge is 0.463 e. The zero-order valence-corrected chi connectivity index (χ0v) is 16.7. The van der Waals surface area contributed by atoms with E-state index in [1.165, 1.54) is 23.5 Å². The molecule has 26 heavy (non-hydrogen) atoms. The maximum absolute atomic E-state index is 13.4. The Balaban J connectivity index is 2.19. The first-order valence-electron chi connectivity index (χ1n) is 7.99. The van der Waals surface area contributed by atoms with Crippen LogP contribution in [-0.2, 0) is 15.1 Å². The fourth-order valence-electron chi connectivity index (χ4n) is 2.86. The molecule has 0 amide bonds. The first-order valence-corrected chi connectivity index (χ1v) is 9.99. The van der Waals surface area contributed by atoms with Gasteiger partial charge in [-0.05, 0) is 31.5 Å². The first-order chi connectivity index (χ1) is 12.5. The van der Waals surface area contributed by atoms with Crippen LogP contribution in [0.25, 0.3) is 0 Å². The van der Waals surface area contributed by atoms with E-state index in [0.717, 1.165) is 0 Å². The fraction of sp³-hybridized carbons (Fsp3) is 0.278. The third kappa shape index (κ3) is 3.43. The molecule has 1 aromatic carbocycles. The normalized spacial score (nSPS) is 19.8. The van der Waals surface area contributed by atoms with E-state index in [4.69, 9.17) is 9.73 Å². The van der Waals surface area contributed by atoms with Crippen LogP contribution >= 0.6 is 27.3 Å². The number of esters is 1. The molecule has 5 nitrogen and oxygen atoms in total. The van der Waals surface area contributed by atoms with E-state index in [1.54, 1.807) is 25.3 Å². The average Bonchev–Trinajstić information content (AvgIpc) is 3.16. The van der Waals surface area contributed by atoms with E-state index in [9.17, 15) is 9.18 Å². The monoisotopic (exact) mass is 437 g/mol. The summed E-state index contributed by atoms with van der Waals surface area (Å²) in [6.07, 6.45) is 1.69. The van der Waals surface area contributed by atoms with E-state index in [0.29, 0.717) is 33.0 Å². The van der Waals surface area contributed by atoms with Gasteiger partial charge in [0.15, 0.2) is 10.8 Å². The van der Waals surface area contributed by atoms with Crippen molar-refractivity contribution < 1.29 is 13.9 Å². The van der Waals surface area contributed by atoms with Crippen molar-refractivity contribution in [2.24, 2.45) is 4.99 Å². The summed E-state index contributed by atoms with van der Waals surface area (Å²) in [6, 6.07) is 5.99. The van der Waals surface area contributed by atoms with E-state index in [2.05, 4.69) is 26.2 Å². The van der Waals surface area contributed by atoms with Crippen LogP contribution in [0.15, 0.2) is 52.1 Å². The zero-order chi connectivity index (χ0) is 18.7. The summed E-state index contributed by atoms with van der Waals surface area (Å²) in [5.41, 5.74) is 0.699. The Morgan fingerprint density at radius 2 is 2.12 bits per heavy atom. The van der Waals surface area contributed by atoms with Gasteiger partial charge in [0.2, 0.25) is 0 Å². The molecule has 2 aromatic rings. The number of hydrogen-bond donors (Lipinski definition) is 1. The number of allylic oxidation sites excluding steroid dienone is 1. The Morgan fingerprint density at radius 1 is 1.38 bits per heavy atom. The highest BCUT2D eigenvalue weighted by Crippen LogP contribution is 2.39. The summed E-state index contributed by atoms with van der Waals surface area (Å²) in [5, 5.41) is 6.15. The lowest BCUT2D eigenvalue weighted by Crippen LogP contribution is -2.42. The Bertz CT molecular complexity index is 865. The summed E-state index contributed by atoms with van der Waals surface area (Å²) in [5.74, 6) is -0.240. The minimum absolute atomic E-state index is 0.250. The number of aliphatic imine (C=N–C) groups is 1. The molecule has 1 aromatic heterocycles. The van der Waals surface area contributed by atoms with Gasteiger partial charge >= 0.3 is 5.97 Å². The van der Waals surface area contributed by atoms with Gasteiger partial charge in [0.05, 0.1) is 12.2 Å². The van der Waals surface area contributed by atoms with E-state index in [1.807, 2.05) is 12.3 Å². The molecule has 2 heterocycles. The molecule has 0 saturated carbocycles. The van der Waals surface area contributed by atoms with E-state index in [-0.39, 0.29) is 12.4 Å². The number of hydrogen-bond acceptors (Lipinski definition) is 6. The second-order valence-electron chi connectivity index (χ2n) is 5.71. The lowest BCUT2D eigenvalue weighted by Gasteiger charge is -2.34. The molecular weight excluding hydrogens is 421 g/mol. The number of aromatic nitrogens is 1. The number of carbonyl (C=O) groups excluding carboxylic acids is 1. The molecule has 1 atom stereocenters. The molecule has 1 aliphatic rings. The van der Waals surface area contributed by atoms with Gasteiger partial charge < -0.3 is 10.1 Å². The predicted molar refractivity (Wildman–Crippen MR) is 103 cm³/mol. The van der Waals surface area contributed by atoms with Gasteiger partial charge in [-0.25, -0.2) is 19.2 Å². The molecule has 1 N–H and O–H groups in total. The maximum Gasteiger partial charge on any atom is 0.338 e. The molecule has 0 fully saturated rings. The summed E-state index contributed by atoms with van der Waals surface area (Å²) < 4.78 is 18.7. The molecule has 0 aliphatic carbocycles. The Morgan fingerprint density at radius 3 is 2.69 bits per heavy atom. The minimum atomic E-state index is -1.03. The Labute approximate surface area is 163 Å². The minimum Gasteiger partial charge on any atom is -0.463 e. The Kier molecular flexibility index (Phi) is 5.52. The van der Waals surface area contributed by atoms with Crippen LogP contribution in [0, 0.1) is 5.82 Å². The summed E-state index contributed by atoms with van der Waals surface area (Å²) in [7, 11) is 0. The van der Waals surface area contributed by atoms with Crippen molar-refractivity contribution in [1.82, 2.24) is 10.3 Å². The third-order valence-corrected chi connectivity index (χ3v) is 5.39. The van der Waals surface area contributed by atoms with Gasteiger partial charge in [-0.2, -0.15) is 0 Å². The molecule has 0 bridgehead atoms. The highest BCUT2D eigenvalue weighted by atomic mass is 79.9. The van der Waals surface area contributed by atoms with Gasteiger partial charge in [-0.1, -0.05) is 28.1 Å². The quantitative estimate of drug-likeness (QED) is 0.571. The number of rotatable bonds is 5. The van der Waals surface area contributed by atoms with Crippen LogP contribution in [0.2, 0.25) is 0 Å². The molecular formula is C18H17BrFN3O2S. The third-order valence-electron chi connectivity index (χ3n) is 4.05. The highest BCUT2D eigenvalue weighted by Gasteiger charge is 2.42. The summed E-state index contributed by atoms with van der Waals surface area (Å²) in [4.78, 5) is 21.8. The average molecular weight is 438 g/mol. The number of carbonyl (C=O) groups is 1. The van der Waals surface area contributed by atoms with Crippen LogP contribution in [0.5, 0.6) is 0 Å². The van der Waals surface area contributed by atoms with Gasteiger partial charge in [-0.3, -0.25) is 0 Å². The van der Waals surface area contributed by atoms with Gasteiger partial charge in [0.25, 0.3) is 0 Å². The van der Waals surface area contributed by atoms with Crippen LogP contribution in [0.3, 0.4) is 0 Å². The predicted octanol–water partition coefficient (Wildman–Crippen LogP) is 3.76. The van der Waals surface area contributed by atoms with E-state index < -0.39 is 11.5 Å². The molecule has 8 heteroatoms. The van der Waals surface area contributed by atoms with Crippen LogP contribution in [-0.4, -0.2) is 28.7 Å². The van der Waals surface area contributed by atoms with Crippen LogP contribution in [0.4, 0.5) is 4.39 Å². The van der Waals surface area contributed by atoms with Crippen molar-refractivity contribution in [2.45, 2.75) is 19.4 Å². The second kappa shape index (κ2) is 7.67. The lowest BCUT2D eigenvalue weighted by molar-refractivity contribution is -0.139. The first kappa shape index (κ1) is 18.7. The van der Waals surface area contributed by atoms with Crippen LogP contribution < -0.4 is 5.32 Å². The van der Waals surface area contributed by atoms with Crippen molar-refractivity contribution in [3.05, 3.63) is 63.5 Å². The number of alkyl halides is 1. The lowest BCUT2D eigenvalue weighted by atomic mass is 9.82. The number of thiazole rings is 1.